The van der Waals surface area contributed by atoms with Gasteiger partial charge in [0.15, 0.2) is 0 Å². The molecule has 2 aromatic carbocycles. The highest BCUT2D eigenvalue weighted by Gasteiger charge is 2.19. The van der Waals surface area contributed by atoms with Gasteiger partial charge in [-0.05, 0) is 31.7 Å². The van der Waals surface area contributed by atoms with Gasteiger partial charge in [0.2, 0.25) is 0 Å². The van der Waals surface area contributed by atoms with Crippen molar-refractivity contribution in [3.8, 4) is 0 Å². The average Bonchev–Trinajstić information content (AvgIpc) is 2.38. The van der Waals surface area contributed by atoms with Gasteiger partial charge in [-0.25, -0.2) is 4.79 Å². The quantitative estimate of drug-likeness (QED) is 0.800. The molecule has 106 valence electrons. The maximum absolute atomic E-state index is 12.0. The number of benzene rings is 2. The molecule has 0 aliphatic carbocycles. The van der Waals surface area contributed by atoms with Crippen molar-refractivity contribution in [2.75, 3.05) is 11.9 Å². The maximum Gasteiger partial charge on any atom is 0.319 e. The number of hydrogen-bond acceptors (Lipinski definition) is 2. The Labute approximate surface area is 118 Å². The van der Waals surface area contributed by atoms with Crippen molar-refractivity contribution >= 4 is 22.5 Å². The third kappa shape index (κ3) is 3.48. The number of carbonyl (C=O) groups excluding carboxylic acids is 1. The van der Waals surface area contributed by atoms with E-state index in [2.05, 4.69) is 10.6 Å². The molecule has 2 aromatic rings. The van der Waals surface area contributed by atoms with E-state index in [1.165, 1.54) is 0 Å². The molecule has 20 heavy (non-hydrogen) atoms. The van der Waals surface area contributed by atoms with Crippen LogP contribution in [0.3, 0.4) is 0 Å². The first kappa shape index (κ1) is 14.3. The number of anilines is 1. The molecule has 4 heteroatoms. The first-order valence-electron chi connectivity index (χ1n) is 6.70. The number of fused-ring (bicyclic) bond motifs is 1. The van der Waals surface area contributed by atoms with E-state index in [1.807, 2.05) is 56.3 Å². The predicted octanol–water partition coefficient (Wildman–Crippen LogP) is 3.12. The summed E-state index contributed by atoms with van der Waals surface area (Å²) < 4.78 is 0. The fourth-order valence-corrected chi connectivity index (χ4v) is 2.14. The SMILES string of the molecule is CC(C)(CCO)NC(=O)Nc1cccc2ccccc12. The van der Waals surface area contributed by atoms with Crippen LogP contribution in [0.1, 0.15) is 20.3 Å². The van der Waals surface area contributed by atoms with Crippen LogP contribution in [-0.2, 0) is 0 Å². The molecule has 0 aliphatic rings. The van der Waals surface area contributed by atoms with Crippen LogP contribution in [0, 0.1) is 0 Å². The number of nitrogens with one attached hydrogen (secondary N) is 2. The Morgan fingerprint density at radius 1 is 1.15 bits per heavy atom. The second-order valence-corrected chi connectivity index (χ2v) is 5.46. The minimum atomic E-state index is -0.441. The van der Waals surface area contributed by atoms with Gasteiger partial charge in [0.25, 0.3) is 0 Å². The highest BCUT2D eigenvalue weighted by Crippen LogP contribution is 2.23. The first-order chi connectivity index (χ1) is 9.52. The molecule has 0 spiro atoms. The van der Waals surface area contributed by atoms with E-state index in [-0.39, 0.29) is 12.6 Å². The van der Waals surface area contributed by atoms with Gasteiger partial charge in [-0.2, -0.15) is 0 Å². The van der Waals surface area contributed by atoms with Gasteiger partial charge < -0.3 is 15.7 Å². The second kappa shape index (κ2) is 5.92. The molecule has 0 fully saturated rings. The van der Waals surface area contributed by atoms with Gasteiger partial charge in [-0.1, -0.05) is 36.4 Å². The Morgan fingerprint density at radius 3 is 2.60 bits per heavy atom. The van der Waals surface area contributed by atoms with Crippen LogP contribution in [0.2, 0.25) is 0 Å². The largest absolute Gasteiger partial charge is 0.396 e. The molecule has 0 saturated heterocycles. The Balaban J connectivity index is 2.14. The standard InChI is InChI=1S/C16H20N2O2/c1-16(2,10-11-19)18-15(20)17-14-9-5-7-12-6-3-4-8-13(12)14/h3-9,19H,10-11H2,1-2H3,(H2,17,18,20). The van der Waals surface area contributed by atoms with Crippen LogP contribution in [0.15, 0.2) is 42.5 Å². The molecule has 0 radical (unpaired) electrons. The lowest BCUT2D eigenvalue weighted by atomic mass is 10.0. The number of hydrogen-bond donors (Lipinski definition) is 3. The maximum atomic E-state index is 12.0. The Morgan fingerprint density at radius 2 is 1.85 bits per heavy atom. The van der Waals surface area contributed by atoms with Gasteiger partial charge in [0.05, 0.1) is 5.69 Å². The highest BCUT2D eigenvalue weighted by atomic mass is 16.3. The zero-order valence-electron chi connectivity index (χ0n) is 11.8. The molecule has 2 rings (SSSR count). The van der Waals surface area contributed by atoms with Gasteiger partial charge in [0, 0.05) is 17.5 Å². The van der Waals surface area contributed by atoms with Crippen LogP contribution in [-0.4, -0.2) is 23.3 Å². The van der Waals surface area contributed by atoms with Crippen LogP contribution in [0.4, 0.5) is 10.5 Å². The van der Waals surface area contributed by atoms with Crippen LogP contribution in [0.25, 0.3) is 10.8 Å². The molecule has 0 bridgehead atoms. The fraction of sp³-hybridized carbons (Fsp3) is 0.312. The lowest BCUT2D eigenvalue weighted by molar-refractivity contribution is 0.218. The number of aliphatic hydroxyl groups excluding tert-OH is 1. The topological polar surface area (TPSA) is 61.4 Å². The lowest BCUT2D eigenvalue weighted by Gasteiger charge is -2.25. The molecule has 0 aromatic heterocycles. The van der Waals surface area contributed by atoms with E-state index in [0.29, 0.717) is 6.42 Å². The number of carbonyl (C=O) groups is 1. The fourth-order valence-electron chi connectivity index (χ4n) is 2.14. The third-order valence-electron chi connectivity index (χ3n) is 3.23. The monoisotopic (exact) mass is 272 g/mol. The Bertz CT molecular complexity index is 603. The average molecular weight is 272 g/mol. The summed E-state index contributed by atoms with van der Waals surface area (Å²) in [5, 5.41) is 16.8. The molecular weight excluding hydrogens is 252 g/mol. The number of rotatable bonds is 4. The summed E-state index contributed by atoms with van der Waals surface area (Å²) in [6, 6.07) is 13.4. The van der Waals surface area contributed by atoms with E-state index in [0.717, 1.165) is 16.5 Å². The third-order valence-corrected chi connectivity index (χ3v) is 3.23. The zero-order valence-corrected chi connectivity index (χ0v) is 11.8. The first-order valence-corrected chi connectivity index (χ1v) is 6.70. The summed E-state index contributed by atoms with van der Waals surface area (Å²) in [4.78, 5) is 12.0. The Hall–Kier alpha value is -2.07. The molecule has 4 nitrogen and oxygen atoms in total. The predicted molar refractivity (Wildman–Crippen MR) is 81.9 cm³/mol. The van der Waals surface area contributed by atoms with Gasteiger partial charge in [-0.3, -0.25) is 0 Å². The molecule has 0 saturated carbocycles. The number of amides is 2. The van der Waals surface area contributed by atoms with Crippen molar-refractivity contribution in [2.45, 2.75) is 25.8 Å². The van der Waals surface area contributed by atoms with Crippen LogP contribution < -0.4 is 10.6 Å². The smallest absolute Gasteiger partial charge is 0.319 e. The summed E-state index contributed by atoms with van der Waals surface area (Å²) in [6.45, 7) is 3.80. The molecule has 0 heterocycles. The minimum Gasteiger partial charge on any atom is -0.396 e. The number of urea groups is 1. The van der Waals surface area contributed by atoms with E-state index in [4.69, 9.17) is 5.11 Å². The van der Waals surface area contributed by atoms with Crippen molar-refractivity contribution in [2.24, 2.45) is 0 Å². The van der Waals surface area contributed by atoms with Crippen LogP contribution in [0.5, 0.6) is 0 Å². The van der Waals surface area contributed by atoms with Crippen molar-refractivity contribution in [3.63, 3.8) is 0 Å². The summed E-state index contributed by atoms with van der Waals surface area (Å²) >= 11 is 0. The van der Waals surface area contributed by atoms with Crippen LogP contribution >= 0.6 is 0 Å². The number of aliphatic hydroxyl groups is 1. The van der Waals surface area contributed by atoms with Crippen molar-refractivity contribution in [1.29, 1.82) is 0 Å². The summed E-state index contributed by atoms with van der Waals surface area (Å²) in [5.74, 6) is 0. The Kier molecular flexibility index (Phi) is 4.25. The van der Waals surface area contributed by atoms with Crippen molar-refractivity contribution in [3.05, 3.63) is 42.5 Å². The molecule has 3 N–H and O–H groups in total. The van der Waals surface area contributed by atoms with Gasteiger partial charge in [0.1, 0.15) is 0 Å². The highest BCUT2D eigenvalue weighted by molar-refractivity contribution is 6.01. The van der Waals surface area contributed by atoms with Gasteiger partial charge >= 0.3 is 6.03 Å². The zero-order chi connectivity index (χ0) is 14.6. The van der Waals surface area contributed by atoms with E-state index in [9.17, 15) is 4.79 Å². The normalized spacial score (nSPS) is 11.3. The minimum absolute atomic E-state index is 0.0432. The van der Waals surface area contributed by atoms with E-state index >= 15 is 0 Å². The molecule has 0 aliphatic heterocycles. The van der Waals surface area contributed by atoms with Gasteiger partial charge in [-0.15, -0.1) is 0 Å². The molecular formula is C16H20N2O2. The summed E-state index contributed by atoms with van der Waals surface area (Å²) in [6.07, 6.45) is 0.510. The van der Waals surface area contributed by atoms with E-state index < -0.39 is 5.54 Å². The molecule has 0 atom stereocenters. The van der Waals surface area contributed by atoms with E-state index in [1.54, 1.807) is 0 Å². The van der Waals surface area contributed by atoms with Crippen molar-refractivity contribution in [1.82, 2.24) is 5.32 Å². The second-order valence-electron chi connectivity index (χ2n) is 5.46. The van der Waals surface area contributed by atoms with Crippen molar-refractivity contribution < 1.29 is 9.90 Å². The molecule has 2 amide bonds. The molecule has 0 unspecified atom stereocenters. The summed E-state index contributed by atoms with van der Waals surface area (Å²) in [5.41, 5.74) is 0.337. The lowest BCUT2D eigenvalue weighted by Crippen LogP contribution is -2.46. The summed E-state index contributed by atoms with van der Waals surface area (Å²) in [7, 11) is 0.